The van der Waals surface area contributed by atoms with Crippen LogP contribution in [0.4, 0.5) is 5.69 Å². The maximum atomic E-state index is 13.2. The van der Waals surface area contributed by atoms with Crippen LogP contribution in [0.1, 0.15) is 22.3 Å². The molecule has 0 unspecified atom stereocenters. The molecular weight excluding hydrogens is 412 g/mol. The molecule has 0 bridgehead atoms. The number of nitrogens with one attached hydrogen (secondary N) is 1. The zero-order valence-electron chi connectivity index (χ0n) is 17.5. The second kappa shape index (κ2) is 8.31. The predicted molar refractivity (Wildman–Crippen MR) is 123 cm³/mol. The van der Waals surface area contributed by atoms with Gasteiger partial charge in [0, 0.05) is 11.1 Å². The lowest BCUT2D eigenvalue weighted by Crippen LogP contribution is -2.42. The van der Waals surface area contributed by atoms with E-state index >= 15 is 0 Å². The number of hydrogen-bond donors (Lipinski definition) is 1. The third kappa shape index (κ3) is 4.06. The van der Waals surface area contributed by atoms with E-state index in [2.05, 4.69) is 9.69 Å². The van der Waals surface area contributed by atoms with Gasteiger partial charge in [-0.25, -0.2) is 4.79 Å². The van der Waals surface area contributed by atoms with Crippen LogP contribution in [0.3, 0.4) is 0 Å². The third-order valence-corrected chi connectivity index (χ3v) is 5.88. The molecule has 2 aromatic heterocycles. The third-order valence-electron chi connectivity index (χ3n) is 5.26. The van der Waals surface area contributed by atoms with Gasteiger partial charge in [-0.05, 0) is 49.0 Å². The first-order valence-corrected chi connectivity index (χ1v) is 10.7. The summed E-state index contributed by atoms with van der Waals surface area (Å²) in [6.07, 6.45) is 0. The minimum absolute atomic E-state index is 0.115. The normalized spacial score (nSPS) is 11.1. The Balaban J connectivity index is 1.73. The van der Waals surface area contributed by atoms with Crippen molar-refractivity contribution < 1.29 is 4.79 Å². The Labute approximate surface area is 182 Å². The molecule has 0 saturated heterocycles. The summed E-state index contributed by atoms with van der Waals surface area (Å²) < 4.78 is 6.63. The van der Waals surface area contributed by atoms with Crippen LogP contribution in [0.25, 0.3) is 11.0 Å². The molecule has 31 heavy (non-hydrogen) atoms. The number of para-hydroxylation sites is 1. The molecule has 2 aromatic carbocycles. The highest BCUT2D eigenvalue weighted by atomic mass is 32.1. The van der Waals surface area contributed by atoms with Crippen LogP contribution in [0.15, 0.2) is 57.4 Å². The fraction of sp³-hybridized carbons (Fsp3) is 0.217. The second-order valence-electron chi connectivity index (χ2n) is 7.61. The molecule has 0 radical (unpaired) electrons. The lowest BCUT2D eigenvalue weighted by molar-refractivity contribution is -0.116. The number of fused-ring (bicyclic) bond motifs is 1. The van der Waals surface area contributed by atoms with E-state index < -0.39 is 11.2 Å². The summed E-state index contributed by atoms with van der Waals surface area (Å²) in [6, 6.07) is 13.4. The van der Waals surface area contributed by atoms with Gasteiger partial charge in [-0.1, -0.05) is 48.0 Å². The number of nitrogens with zero attached hydrogens (tertiary/aromatic N) is 3. The van der Waals surface area contributed by atoms with Crippen LogP contribution in [-0.4, -0.2) is 19.4 Å². The van der Waals surface area contributed by atoms with E-state index in [0.29, 0.717) is 5.52 Å². The zero-order valence-corrected chi connectivity index (χ0v) is 18.3. The zero-order chi connectivity index (χ0) is 22.1. The summed E-state index contributed by atoms with van der Waals surface area (Å²) in [5.41, 5.74) is 4.10. The summed E-state index contributed by atoms with van der Waals surface area (Å²) >= 11 is 1.09. The Hall–Kier alpha value is -3.52. The molecule has 7 nitrogen and oxygen atoms in total. The van der Waals surface area contributed by atoms with Gasteiger partial charge in [0.1, 0.15) is 6.54 Å². The molecule has 0 aliphatic rings. The lowest BCUT2D eigenvalue weighted by atomic mass is 10.1. The van der Waals surface area contributed by atoms with Gasteiger partial charge >= 0.3 is 5.69 Å². The van der Waals surface area contributed by atoms with Crippen molar-refractivity contribution >= 4 is 34.2 Å². The summed E-state index contributed by atoms with van der Waals surface area (Å²) in [5, 5.41) is 4.52. The monoisotopic (exact) mass is 434 g/mol. The van der Waals surface area contributed by atoms with Gasteiger partial charge < -0.3 is 5.32 Å². The molecule has 0 fully saturated rings. The number of aryl methyl sites for hydroxylation is 3. The van der Waals surface area contributed by atoms with Crippen molar-refractivity contribution in [3.8, 4) is 0 Å². The largest absolute Gasteiger partial charge is 0.332 e. The highest BCUT2D eigenvalue weighted by Crippen LogP contribution is 2.19. The summed E-state index contributed by atoms with van der Waals surface area (Å²) in [4.78, 5) is 38.9. The standard InChI is InChI=1S/C23H22N4O3S/c1-14-7-9-17(10-8-14)11-27-22(29)21-18(13-31-25-21)26(23(27)30)12-19(28)24-20-15(2)5-4-6-16(20)3/h4-10,13H,11-12H2,1-3H3,(H,24,28). The van der Waals surface area contributed by atoms with Crippen molar-refractivity contribution in [2.75, 3.05) is 5.32 Å². The number of carbonyl (C=O) groups is 1. The average molecular weight is 435 g/mol. The molecule has 0 aliphatic heterocycles. The number of benzene rings is 2. The number of carbonyl (C=O) groups excluding carboxylic acids is 1. The number of aromatic nitrogens is 3. The minimum Gasteiger partial charge on any atom is -0.324 e. The smallest absolute Gasteiger partial charge is 0.324 e. The van der Waals surface area contributed by atoms with Crippen molar-refractivity contribution in [3.05, 3.63) is 90.9 Å². The van der Waals surface area contributed by atoms with Crippen molar-refractivity contribution in [1.29, 1.82) is 0 Å². The molecular formula is C23H22N4O3S. The van der Waals surface area contributed by atoms with Crippen LogP contribution in [0.5, 0.6) is 0 Å². The Morgan fingerprint density at radius 3 is 2.35 bits per heavy atom. The molecule has 4 rings (SSSR count). The van der Waals surface area contributed by atoms with E-state index in [1.807, 2.05) is 63.2 Å². The molecule has 8 heteroatoms. The average Bonchev–Trinajstić information content (AvgIpc) is 3.23. The van der Waals surface area contributed by atoms with Crippen LogP contribution >= 0.6 is 11.5 Å². The van der Waals surface area contributed by atoms with Gasteiger partial charge in [0.05, 0.1) is 12.1 Å². The van der Waals surface area contributed by atoms with Crippen molar-refractivity contribution in [2.24, 2.45) is 0 Å². The van der Waals surface area contributed by atoms with Crippen LogP contribution in [0, 0.1) is 20.8 Å². The molecule has 0 spiro atoms. The summed E-state index contributed by atoms with van der Waals surface area (Å²) in [7, 11) is 0. The molecule has 2 heterocycles. The van der Waals surface area contributed by atoms with Crippen LogP contribution in [0.2, 0.25) is 0 Å². The number of hydrogen-bond acceptors (Lipinski definition) is 5. The maximum Gasteiger partial charge on any atom is 0.332 e. The number of anilines is 1. The fourth-order valence-corrected chi connectivity index (χ4v) is 4.21. The van der Waals surface area contributed by atoms with E-state index in [9.17, 15) is 14.4 Å². The Morgan fingerprint density at radius 1 is 1.00 bits per heavy atom. The van der Waals surface area contributed by atoms with Crippen molar-refractivity contribution in [1.82, 2.24) is 13.5 Å². The fourth-order valence-electron chi connectivity index (χ4n) is 3.54. The topological polar surface area (TPSA) is 86.0 Å². The molecule has 0 aliphatic carbocycles. The van der Waals surface area contributed by atoms with Gasteiger partial charge in [0.15, 0.2) is 5.52 Å². The highest BCUT2D eigenvalue weighted by Gasteiger charge is 2.18. The molecule has 0 atom stereocenters. The van der Waals surface area contributed by atoms with Crippen LogP contribution < -0.4 is 16.6 Å². The Bertz CT molecular complexity index is 1380. The quantitative estimate of drug-likeness (QED) is 0.523. The molecule has 4 aromatic rings. The van der Waals surface area contributed by atoms with Crippen molar-refractivity contribution in [2.45, 2.75) is 33.9 Å². The van der Waals surface area contributed by atoms with E-state index in [-0.39, 0.29) is 24.5 Å². The van der Waals surface area contributed by atoms with Crippen LogP contribution in [-0.2, 0) is 17.9 Å². The first-order valence-electron chi connectivity index (χ1n) is 9.84. The molecule has 1 N–H and O–H groups in total. The second-order valence-corrected chi connectivity index (χ2v) is 8.24. The SMILES string of the molecule is Cc1ccc(Cn2c(=O)c3nscc3n(CC(=O)Nc3c(C)cccc3C)c2=O)cc1. The molecule has 0 saturated carbocycles. The number of amides is 1. The lowest BCUT2D eigenvalue weighted by Gasteiger charge is -2.14. The Kier molecular flexibility index (Phi) is 5.56. The van der Waals surface area contributed by atoms with Crippen molar-refractivity contribution in [3.63, 3.8) is 0 Å². The predicted octanol–water partition coefficient (Wildman–Crippen LogP) is 3.23. The summed E-state index contributed by atoms with van der Waals surface area (Å²) in [5.74, 6) is -0.340. The molecule has 1 amide bonds. The van der Waals surface area contributed by atoms with E-state index in [1.165, 1.54) is 4.57 Å². The van der Waals surface area contributed by atoms with Gasteiger partial charge in [-0.3, -0.25) is 18.7 Å². The summed E-state index contributed by atoms with van der Waals surface area (Å²) in [6.45, 7) is 5.70. The highest BCUT2D eigenvalue weighted by molar-refractivity contribution is 7.04. The maximum absolute atomic E-state index is 13.2. The van der Waals surface area contributed by atoms with Gasteiger partial charge in [0.2, 0.25) is 5.91 Å². The minimum atomic E-state index is -0.532. The van der Waals surface area contributed by atoms with E-state index in [0.717, 1.165) is 44.0 Å². The first kappa shape index (κ1) is 20.7. The first-order chi connectivity index (χ1) is 14.8. The van der Waals surface area contributed by atoms with Gasteiger partial charge in [-0.2, -0.15) is 4.37 Å². The van der Waals surface area contributed by atoms with E-state index in [4.69, 9.17) is 0 Å². The van der Waals surface area contributed by atoms with Gasteiger partial charge in [-0.15, -0.1) is 0 Å². The number of rotatable bonds is 5. The Morgan fingerprint density at radius 2 is 1.68 bits per heavy atom. The van der Waals surface area contributed by atoms with E-state index in [1.54, 1.807) is 5.38 Å². The molecule has 158 valence electrons. The van der Waals surface area contributed by atoms with Gasteiger partial charge in [0.25, 0.3) is 5.56 Å².